The molecule has 2 aromatic rings. The molecular weight excluding hydrogens is 387 g/mol. The van der Waals surface area contributed by atoms with Gasteiger partial charge in [0.15, 0.2) is 6.10 Å². The molecule has 0 radical (unpaired) electrons. The summed E-state index contributed by atoms with van der Waals surface area (Å²) >= 11 is 11.9. The van der Waals surface area contributed by atoms with Crippen molar-refractivity contribution in [2.75, 3.05) is 5.32 Å². The molecule has 2 aromatic carbocycles. The zero-order chi connectivity index (χ0) is 19.3. The van der Waals surface area contributed by atoms with Gasteiger partial charge in [0.05, 0.1) is 5.69 Å². The lowest BCUT2D eigenvalue weighted by atomic mass is 10.2. The normalized spacial score (nSPS) is 12.0. The van der Waals surface area contributed by atoms with Crippen molar-refractivity contribution in [3.8, 4) is 0 Å². The number of hydrogen-bond donors (Lipinski definition) is 1. The van der Waals surface area contributed by atoms with E-state index in [1.807, 2.05) is 0 Å². The van der Waals surface area contributed by atoms with Gasteiger partial charge in [-0.25, -0.2) is 13.6 Å². The summed E-state index contributed by atoms with van der Waals surface area (Å²) in [7, 11) is 0. The van der Waals surface area contributed by atoms with E-state index < -0.39 is 29.6 Å². The van der Waals surface area contributed by atoms with Crippen LogP contribution < -0.4 is 5.32 Å². The minimum atomic E-state index is -1.21. The van der Waals surface area contributed by atoms with Gasteiger partial charge in [0, 0.05) is 27.8 Å². The Labute approximate surface area is 158 Å². The molecule has 1 atom stereocenters. The summed E-state index contributed by atoms with van der Waals surface area (Å²) < 4.78 is 31.3. The molecule has 0 saturated heterocycles. The Hall–Kier alpha value is -2.44. The molecule has 0 unspecified atom stereocenters. The Morgan fingerprint density at radius 2 is 1.81 bits per heavy atom. The van der Waals surface area contributed by atoms with Crippen molar-refractivity contribution in [3.05, 3.63) is 69.7 Å². The maximum Gasteiger partial charge on any atom is 0.331 e. The van der Waals surface area contributed by atoms with E-state index in [4.69, 9.17) is 27.9 Å². The fourth-order valence-corrected chi connectivity index (χ4v) is 2.44. The number of anilines is 1. The van der Waals surface area contributed by atoms with E-state index in [2.05, 4.69) is 5.32 Å². The van der Waals surface area contributed by atoms with Crippen LogP contribution in [0.2, 0.25) is 10.0 Å². The zero-order valence-electron chi connectivity index (χ0n) is 13.4. The van der Waals surface area contributed by atoms with Crippen LogP contribution in [0.15, 0.2) is 42.5 Å². The zero-order valence-corrected chi connectivity index (χ0v) is 14.9. The lowest BCUT2D eigenvalue weighted by molar-refractivity contribution is -0.148. The van der Waals surface area contributed by atoms with Gasteiger partial charge >= 0.3 is 5.97 Å². The van der Waals surface area contributed by atoms with E-state index in [0.717, 1.165) is 18.2 Å². The van der Waals surface area contributed by atoms with Crippen LogP contribution in [-0.2, 0) is 14.3 Å². The minimum absolute atomic E-state index is 0.224. The molecule has 26 heavy (non-hydrogen) atoms. The van der Waals surface area contributed by atoms with Crippen LogP contribution in [0.4, 0.5) is 14.5 Å². The van der Waals surface area contributed by atoms with E-state index in [-0.39, 0.29) is 5.69 Å². The molecule has 0 saturated carbocycles. The molecule has 1 amide bonds. The second kappa shape index (κ2) is 8.78. The molecule has 0 spiro atoms. The highest BCUT2D eigenvalue weighted by Gasteiger charge is 2.18. The van der Waals surface area contributed by atoms with Crippen LogP contribution in [0.3, 0.4) is 0 Å². The first-order valence-electron chi connectivity index (χ1n) is 7.36. The summed E-state index contributed by atoms with van der Waals surface area (Å²) in [4.78, 5) is 23.8. The van der Waals surface area contributed by atoms with Gasteiger partial charge in [0.1, 0.15) is 11.6 Å². The fourth-order valence-electron chi connectivity index (χ4n) is 1.91. The van der Waals surface area contributed by atoms with Crippen molar-refractivity contribution in [1.82, 2.24) is 0 Å². The van der Waals surface area contributed by atoms with Crippen LogP contribution in [-0.4, -0.2) is 18.0 Å². The largest absolute Gasteiger partial charge is 0.449 e. The molecule has 0 aliphatic carbocycles. The average Bonchev–Trinajstić information content (AvgIpc) is 2.56. The van der Waals surface area contributed by atoms with Gasteiger partial charge in [-0.15, -0.1) is 0 Å². The average molecular weight is 400 g/mol. The summed E-state index contributed by atoms with van der Waals surface area (Å²) in [5.41, 5.74) is 0.205. The molecule has 2 rings (SSSR count). The van der Waals surface area contributed by atoms with Gasteiger partial charge in [-0.05, 0) is 37.3 Å². The van der Waals surface area contributed by atoms with E-state index >= 15 is 0 Å². The Morgan fingerprint density at radius 1 is 1.15 bits per heavy atom. The number of amides is 1. The Morgan fingerprint density at radius 3 is 2.42 bits per heavy atom. The van der Waals surface area contributed by atoms with Gasteiger partial charge in [0.25, 0.3) is 5.91 Å². The molecule has 0 aliphatic rings. The highest BCUT2D eigenvalue weighted by Crippen LogP contribution is 2.25. The van der Waals surface area contributed by atoms with E-state index in [1.54, 1.807) is 18.2 Å². The maximum absolute atomic E-state index is 13.5. The summed E-state index contributed by atoms with van der Waals surface area (Å²) in [5.74, 6) is -3.30. The SMILES string of the molecule is C[C@H](OC(=O)/C=C/c1c(Cl)cccc1Cl)C(=O)Nc1ccc(F)cc1F. The first kappa shape index (κ1) is 19.9. The molecule has 136 valence electrons. The lowest BCUT2D eigenvalue weighted by Crippen LogP contribution is -2.29. The van der Waals surface area contributed by atoms with Gasteiger partial charge < -0.3 is 10.1 Å². The molecule has 1 N–H and O–H groups in total. The molecule has 0 aliphatic heterocycles. The molecule has 4 nitrogen and oxygen atoms in total. The topological polar surface area (TPSA) is 55.4 Å². The maximum atomic E-state index is 13.5. The number of halogens is 4. The van der Waals surface area contributed by atoms with E-state index in [1.165, 1.54) is 13.0 Å². The highest BCUT2D eigenvalue weighted by atomic mass is 35.5. The Kier molecular flexibility index (Phi) is 6.71. The number of carbonyl (C=O) groups is 2. The monoisotopic (exact) mass is 399 g/mol. The van der Waals surface area contributed by atoms with E-state index in [0.29, 0.717) is 21.7 Å². The molecule has 0 aromatic heterocycles. The molecule has 0 fully saturated rings. The fraction of sp³-hybridized carbons (Fsp3) is 0.111. The number of nitrogens with one attached hydrogen (secondary N) is 1. The van der Waals surface area contributed by atoms with Gasteiger partial charge in [-0.2, -0.15) is 0 Å². The van der Waals surface area contributed by atoms with Crippen LogP contribution in [0.5, 0.6) is 0 Å². The number of ether oxygens (including phenoxy) is 1. The Balaban J connectivity index is 1.97. The number of rotatable bonds is 5. The lowest BCUT2D eigenvalue weighted by Gasteiger charge is -2.13. The van der Waals surface area contributed by atoms with Gasteiger partial charge in [0.2, 0.25) is 0 Å². The van der Waals surface area contributed by atoms with Gasteiger partial charge in [-0.1, -0.05) is 29.3 Å². The predicted octanol–water partition coefficient (Wildman–Crippen LogP) is 4.86. The van der Waals surface area contributed by atoms with E-state index in [9.17, 15) is 18.4 Å². The molecular formula is C18H13Cl2F2NO3. The van der Waals surface area contributed by atoms with Crippen LogP contribution in [0.25, 0.3) is 6.08 Å². The Bertz CT molecular complexity index is 851. The second-order valence-electron chi connectivity index (χ2n) is 5.16. The van der Waals surface area contributed by atoms with Crippen molar-refractivity contribution >= 4 is 46.8 Å². The first-order valence-corrected chi connectivity index (χ1v) is 8.12. The second-order valence-corrected chi connectivity index (χ2v) is 5.98. The third-order valence-corrected chi connectivity index (χ3v) is 3.90. The quantitative estimate of drug-likeness (QED) is 0.577. The van der Waals surface area contributed by atoms with Crippen LogP contribution in [0, 0.1) is 11.6 Å². The number of benzene rings is 2. The van der Waals surface area contributed by atoms with Gasteiger partial charge in [-0.3, -0.25) is 4.79 Å². The first-order chi connectivity index (χ1) is 12.3. The number of carbonyl (C=O) groups excluding carboxylic acids is 2. The summed E-state index contributed by atoms with van der Waals surface area (Å²) in [6.07, 6.45) is 1.21. The smallest absolute Gasteiger partial charge is 0.331 e. The predicted molar refractivity (Wildman–Crippen MR) is 96.0 cm³/mol. The highest BCUT2D eigenvalue weighted by molar-refractivity contribution is 6.37. The van der Waals surface area contributed by atoms with Crippen molar-refractivity contribution in [1.29, 1.82) is 0 Å². The standard InChI is InChI=1S/C18H13Cl2F2NO3/c1-10(18(25)23-16-7-5-11(21)9-15(16)22)26-17(24)8-6-12-13(19)3-2-4-14(12)20/h2-10H,1H3,(H,23,25)/b8-6+/t10-/m0/s1. The summed E-state index contributed by atoms with van der Waals surface area (Å²) in [6, 6.07) is 7.54. The third-order valence-electron chi connectivity index (χ3n) is 3.24. The summed E-state index contributed by atoms with van der Waals surface area (Å²) in [6.45, 7) is 1.31. The molecule has 0 bridgehead atoms. The number of hydrogen-bond acceptors (Lipinski definition) is 3. The number of esters is 1. The third kappa shape index (κ3) is 5.28. The minimum Gasteiger partial charge on any atom is -0.449 e. The van der Waals surface area contributed by atoms with Crippen LogP contribution in [0.1, 0.15) is 12.5 Å². The van der Waals surface area contributed by atoms with Crippen molar-refractivity contribution < 1.29 is 23.1 Å². The molecule has 0 heterocycles. The van der Waals surface area contributed by atoms with Crippen molar-refractivity contribution in [2.24, 2.45) is 0 Å². The summed E-state index contributed by atoms with van der Waals surface area (Å²) in [5, 5.41) is 2.90. The molecule has 8 heteroatoms. The van der Waals surface area contributed by atoms with Crippen LogP contribution >= 0.6 is 23.2 Å². The van der Waals surface area contributed by atoms with Crippen molar-refractivity contribution in [2.45, 2.75) is 13.0 Å². The van der Waals surface area contributed by atoms with Crippen molar-refractivity contribution in [3.63, 3.8) is 0 Å².